The Balaban J connectivity index is 1.83. The number of nitrogens with zero attached hydrogens (tertiary/aromatic N) is 2. The highest BCUT2D eigenvalue weighted by molar-refractivity contribution is 9.10. The zero-order valence-electron chi connectivity index (χ0n) is 12.2. The van der Waals surface area contributed by atoms with Crippen LogP contribution < -0.4 is 4.74 Å². The molecular formula is C15H19BrN2O3. The summed E-state index contributed by atoms with van der Waals surface area (Å²) in [6.45, 7) is 5.77. The van der Waals surface area contributed by atoms with E-state index in [1.807, 2.05) is 38.1 Å². The average Bonchev–Trinajstić information content (AvgIpc) is 2.45. The van der Waals surface area contributed by atoms with Crippen LogP contribution in [0, 0.1) is 0 Å². The monoisotopic (exact) mass is 354 g/mol. The Morgan fingerprint density at radius 2 is 1.81 bits per heavy atom. The van der Waals surface area contributed by atoms with Crippen molar-refractivity contribution >= 4 is 27.7 Å². The van der Waals surface area contributed by atoms with Gasteiger partial charge in [0.05, 0.1) is 6.54 Å². The molecule has 1 saturated heterocycles. The second-order valence-electron chi connectivity index (χ2n) is 5.19. The van der Waals surface area contributed by atoms with Gasteiger partial charge in [0.2, 0.25) is 0 Å². The fourth-order valence-electron chi connectivity index (χ4n) is 2.20. The average molecular weight is 355 g/mol. The molecular weight excluding hydrogens is 336 g/mol. The molecule has 2 rings (SSSR count). The van der Waals surface area contributed by atoms with E-state index in [0.29, 0.717) is 26.2 Å². The summed E-state index contributed by atoms with van der Waals surface area (Å²) in [7, 11) is 0. The van der Waals surface area contributed by atoms with Crippen molar-refractivity contribution in [2.24, 2.45) is 0 Å². The van der Waals surface area contributed by atoms with E-state index in [4.69, 9.17) is 4.74 Å². The Morgan fingerprint density at radius 3 is 2.43 bits per heavy atom. The Kier molecular flexibility index (Phi) is 5.22. The van der Waals surface area contributed by atoms with Crippen LogP contribution >= 0.6 is 15.9 Å². The minimum atomic E-state index is -0.436. The molecule has 1 aromatic carbocycles. The summed E-state index contributed by atoms with van der Waals surface area (Å²) in [5, 5.41) is 0. The number of rotatable bonds is 5. The van der Waals surface area contributed by atoms with Gasteiger partial charge in [-0.3, -0.25) is 9.59 Å². The summed E-state index contributed by atoms with van der Waals surface area (Å²) in [6.07, 6.45) is 0. The molecule has 6 heteroatoms. The van der Waals surface area contributed by atoms with E-state index in [1.165, 1.54) is 0 Å². The number of piperazine rings is 1. The molecule has 0 aliphatic carbocycles. The molecule has 0 N–H and O–H groups in total. The lowest BCUT2D eigenvalue weighted by molar-refractivity contribution is -0.157. The quantitative estimate of drug-likeness (QED) is 0.759. The Morgan fingerprint density at radius 1 is 1.14 bits per heavy atom. The van der Waals surface area contributed by atoms with Gasteiger partial charge in [-0.2, -0.15) is 0 Å². The predicted octanol–water partition coefficient (Wildman–Crippen LogP) is 1.91. The predicted molar refractivity (Wildman–Crippen MR) is 83.1 cm³/mol. The van der Waals surface area contributed by atoms with Crippen molar-refractivity contribution in [2.75, 3.05) is 26.2 Å². The fraction of sp³-hybridized carbons (Fsp3) is 0.467. The largest absolute Gasteiger partial charge is 0.492 e. The van der Waals surface area contributed by atoms with E-state index in [1.54, 1.807) is 9.80 Å². The van der Waals surface area contributed by atoms with Gasteiger partial charge in [0.15, 0.2) is 0 Å². The fourth-order valence-corrected chi connectivity index (χ4v) is 2.46. The third-order valence-corrected chi connectivity index (χ3v) is 3.94. The first-order chi connectivity index (χ1) is 9.99. The molecule has 5 nitrogen and oxygen atoms in total. The highest BCUT2D eigenvalue weighted by atomic mass is 79.9. The van der Waals surface area contributed by atoms with E-state index < -0.39 is 11.8 Å². The van der Waals surface area contributed by atoms with Crippen molar-refractivity contribution in [3.05, 3.63) is 28.7 Å². The van der Waals surface area contributed by atoms with Gasteiger partial charge < -0.3 is 14.5 Å². The topological polar surface area (TPSA) is 49.9 Å². The van der Waals surface area contributed by atoms with Crippen LogP contribution in [0.4, 0.5) is 0 Å². The van der Waals surface area contributed by atoms with Crippen molar-refractivity contribution < 1.29 is 14.3 Å². The third kappa shape index (κ3) is 3.97. The summed E-state index contributed by atoms with van der Waals surface area (Å²) < 4.78 is 6.57. The van der Waals surface area contributed by atoms with Gasteiger partial charge in [-0.05, 0) is 38.1 Å². The molecule has 1 heterocycles. The molecule has 114 valence electrons. The maximum Gasteiger partial charge on any atom is 0.312 e. The second kappa shape index (κ2) is 6.93. The number of benzene rings is 1. The maximum absolute atomic E-state index is 12.0. The number of ether oxygens (including phenoxy) is 1. The molecule has 0 unspecified atom stereocenters. The molecule has 0 aromatic heterocycles. The van der Waals surface area contributed by atoms with E-state index in [-0.39, 0.29) is 6.04 Å². The van der Waals surface area contributed by atoms with Crippen molar-refractivity contribution in [3.63, 3.8) is 0 Å². The summed E-state index contributed by atoms with van der Waals surface area (Å²) in [4.78, 5) is 27.1. The van der Waals surface area contributed by atoms with Gasteiger partial charge in [0.25, 0.3) is 0 Å². The standard InChI is InChI=1S/C15H19BrN2O3/c1-11(2)18-8-7-17(14(19)15(18)20)9-10-21-13-5-3-12(16)4-6-13/h3-6,11H,7-10H2,1-2H3. The number of hydrogen-bond donors (Lipinski definition) is 0. The van der Waals surface area contributed by atoms with Gasteiger partial charge in [-0.25, -0.2) is 0 Å². The lowest BCUT2D eigenvalue weighted by Crippen LogP contribution is -2.56. The van der Waals surface area contributed by atoms with Crippen molar-refractivity contribution in [1.82, 2.24) is 9.80 Å². The third-order valence-electron chi connectivity index (χ3n) is 3.41. The smallest absolute Gasteiger partial charge is 0.312 e. The second-order valence-corrected chi connectivity index (χ2v) is 6.10. The molecule has 0 radical (unpaired) electrons. The molecule has 1 aliphatic rings. The number of amides is 2. The minimum Gasteiger partial charge on any atom is -0.492 e. The van der Waals surface area contributed by atoms with E-state index in [0.717, 1.165) is 10.2 Å². The molecule has 1 fully saturated rings. The zero-order chi connectivity index (χ0) is 15.4. The van der Waals surface area contributed by atoms with Crippen LogP contribution in [0.1, 0.15) is 13.8 Å². The van der Waals surface area contributed by atoms with Crippen molar-refractivity contribution in [3.8, 4) is 5.75 Å². The summed E-state index contributed by atoms with van der Waals surface area (Å²) in [5.74, 6) is -0.105. The minimum absolute atomic E-state index is 0.0580. The van der Waals surface area contributed by atoms with Crippen LogP contribution in [0.3, 0.4) is 0 Å². The molecule has 1 aliphatic heterocycles. The molecule has 21 heavy (non-hydrogen) atoms. The molecule has 2 amide bonds. The summed E-state index contributed by atoms with van der Waals surface area (Å²) >= 11 is 3.36. The van der Waals surface area contributed by atoms with Gasteiger partial charge in [-0.15, -0.1) is 0 Å². The van der Waals surface area contributed by atoms with E-state index >= 15 is 0 Å². The van der Waals surface area contributed by atoms with Crippen molar-refractivity contribution in [1.29, 1.82) is 0 Å². The van der Waals surface area contributed by atoms with Crippen LogP contribution in [0.25, 0.3) is 0 Å². The first kappa shape index (κ1) is 15.8. The van der Waals surface area contributed by atoms with E-state index in [9.17, 15) is 9.59 Å². The number of halogens is 1. The van der Waals surface area contributed by atoms with Crippen LogP contribution in [0.2, 0.25) is 0 Å². The first-order valence-electron chi connectivity index (χ1n) is 6.97. The Bertz CT molecular complexity index is 516. The normalized spacial score (nSPS) is 15.8. The lowest BCUT2D eigenvalue weighted by Gasteiger charge is -2.35. The molecule has 0 saturated carbocycles. The lowest BCUT2D eigenvalue weighted by atomic mass is 10.2. The highest BCUT2D eigenvalue weighted by Gasteiger charge is 2.33. The summed E-state index contributed by atoms with van der Waals surface area (Å²) in [5.41, 5.74) is 0. The summed E-state index contributed by atoms with van der Waals surface area (Å²) in [6, 6.07) is 7.56. The van der Waals surface area contributed by atoms with Crippen LogP contribution in [-0.2, 0) is 9.59 Å². The highest BCUT2D eigenvalue weighted by Crippen LogP contribution is 2.16. The van der Waals surface area contributed by atoms with E-state index in [2.05, 4.69) is 15.9 Å². The first-order valence-corrected chi connectivity index (χ1v) is 7.76. The number of carbonyl (C=O) groups is 2. The molecule has 0 spiro atoms. The van der Waals surface area contributed by atoms with Gasteiger partial charge in [0.1, 0.15) is 12.4 Å². The Hall–Kier alpha value is -1.56. The molecule has 0 atom stereocenters. The van der Waals surface area contributed by atoms with Gasteiger partial charge in [-0.1, -0.05) is 15.9 Å². The molecule has 0 bridgehead atoms. The zero-order valence-corrected chi connectivity index (χ0v) is 13.8. The number of carbonyl (C=O) groups excluding carboxylic acids is 2. The molecule has 1 aromatic rings. The Labute approximate surface area is 133 Å². The maximum atomic E-state index is 12.0. The van der Waals surface area contributed by atoms with Crippen LogP contribution in [-0.4, -0.2) is 53.9 Å². The van der Waals surface area contributed by atoms with Crippen LogP contribution in [0.15, 0.2) is 28.7 Å². The SMILES string of the molecule is CC(C)N1CCN(CCOc2ccc(Br)cc2)C(=O)C1=O. The van der Waals surface area contributed by atoms with Gasteiger partial charge in [0, 0.05) is 23.6 Å². The number of hydrogen-bond acceptors (Lipinski definition) is 3. The van der Waals surface area contributed by atoms with Crippen molar-refractivity contribution in [2.45, 2.75) is 19.9 Å². The van der Waals surface area contributed by atoms with Crippen LogP contribution in [0.5, 0.6) is 5.75 Å². The van der Waals surface area contributed by atoms with Gasteiger partial charge >= 0.3 is 11.8 Å².